The van der Waals surface area contributed by atoms with Gasteiger partial charge >= 0.3 is 0 Å². The number of aliphatic hydroxyl groups is 1. The van der Waals surface area contributed by atoms with Gasteiger partial charge in [0.2, 0.25) is 5.91 Å². The van der Waals surface area contributed by atoms with E-state index in [-0.39, 0.29) is 12.5 Å². The molecule has 0 saturated heterocycles. The lowest BCUT2D eigenvalue weighted by Crippen LogP contribution is -2.44. The molecule has 5 nitrogen and oxygen atoms in total. The Morgan fingerprint density at radius 2 is 2.21 bits per heavy atom. The van der Waals surface area contributed by atoms with E-state index in [1.54, 1.807) is 13.3 Å². The van der Waals surface area contributed by atoms with E-state index >= 15 is 0 Å². The van der Waals surface area contributed by atoms with Gasteiger partial charge in [-0.3, -0.25) is 4.79 Å². The lowest BCUT2D eigenvalue weighted by molar-refractivity contribution is -0.132. The van der Waals surface area contributed by atoms with Gasteiger partial charge in [0.05, 0.1) is 12.9 Å². The first-order valence-corrected chi connectivity index (χ1v) is 6.20. The molecule has 19 heavy (non-hydrogen) atoms. The maximum absolute atomic E-state index is 11.7. The topological polar surface area (TPSA) is 79.7 Å². The van der Waals surface area contributed by atoms with Gasteiger partial charge in [0, 0.05) is 19.0 Å². The van der Waals surface area contributed by atoms with Crippen LogP contribution >= 0.6 is 0 Å². The van der Waals surface area contributed by atoms with E-state index in [1.807, 2.05) is 24.3 Å². The van der Waals surface area contributed by atoms with Crippen molar-refractivity contribution in [3.63, 3.8) is 0 Å². The van der Waals surface area contributed by atoms with Gasteiger partial charge in [-0.15, -0.1) is 0 Å². The molecule has 1 unspecified atom stereocenters. The Hall–Kier alpha value is -1.85. The standard InChI is InChI=1S/C14H18N2O3/c1-16(14(18)12(15)8-17)7-6-10-9-19-13-5-3-2-4-11(10)13/h2-5,9,12,17H,6-8,15H2,1H3. The minimum absolute atomic E-state index is 0.254. The number of para-hydroxylation sites is 1. The number of rotatable bonds is 5. The van der Waals surface area contributed by atoms with Gasteiger partial charge in [-0.2, -0.15) is 0 Å². The molecule has 0 bridgehead atoms. The average Bonchev–Trinajstić information content (AvgIpc) is 2.86. The van der Waals surface area contributed by atoms with Gasteiger partial charge in [0.15, 0.2) is 0 Å². The van der Waals surface area contributed by atoms with E-state index in [4.69, 9.17) is 15.3 Å². The fraction of sp³-hybridized carbons (Fsp3) is 0.357. The summed E-state index contributed by atoms with van der Waals surface area (Å²) in [6, 6.07) is 6.94. The zero-order valence-corrected chi connectivity index (χ0v) is 10.9. The Balaban J connectivity index is 2.01. The molecule has 0 saturated carbocycles. The van der Waals surface area contributed by atoms with Gasteiger partial charge in [0.1, 0.15) is 11.6 Å². The lowest BCUT2D eigenvalue weighted by atomic mass is 10.1. The first-order valence-electron chi connectivity index (χ1n) is 6.20. The first-order chi connectivity index (χ1) is 9.13. The zero-order valence-electron chi connectivity index (χ0n) is 10.9. The summed E-state index contributed by atoms with van der Waals surface area (Å²) < 4.78 is 5.44. The molecule has 1 aromatic heterocycles. The Bertz CT molecular complexity index is 565. The molecule has 0 aliphatic rings. The van der Waals surface area contributed by atoms with Crippen molar-refractivity contribution in [1.29, 1.82) is 0 Å². The molecule has 2 aromatic rings. The molecule has 1 heterocycles. The smallest absolute Gasteiger partial charge is 0.241 e. The minimum atomic E-state index is -0.842. The number of nitrogens with two attached hydrogens (primary N) is 1. The van der Waals surface area contributed by atoms with E-state index in [9.17, 15) is 4.79 Å². The number of aliphatic hydroxyl groups excluding tert-OH is 1. The summed E-state index contributed by atoms with van der Waals surface area (Å²) in [5, 5.41) is 9.92. The summed E-state index contributed by atoms with van der Waals surface area (Å²) in [6.45, 7) is 0.202. The van der Waals surface area contributed by atoms with Crippen molar-refractivity contribution in [2.24, 2.45) is 5.73 Å². The molecule has 5 heteroatoms. The normalized spacial score (nSPS) is 12.6. The number of hydrogen-bond acceptors (Lipinski definition) is 4. The van der Waals surface area contributed by atoms with E-state index in [2.05, 4.69) is 0 Å². The van der Waals surface area contributed by atoms with Crippen LogP contribution in [0.15, 0.2) is 34.9 Å². The third-order valence-electron chi connectivity index (χ3n) is 3.17. The molecule has 102 valence electrons. The van der Waals surface area contributed by atoms with E-state index in [0.29, 0.717) is 13.0 Å². The Kier molecular flexibility index (Phi) is 4.19. The second kappa shape index (κ2) is 5.86. The Labute approximate surface area is 111 Å². The number of hydrogen-bond donors (Lipinski definition) is 2. The molecule has 3 N–H and O–H groups in total. The SMILES string of the molecule is CN(CCc1coc2ccccc12)C(=O)C(N)CO. The molecular weight excluding hydrogens is 244 g/mol. The second-order valence-electron chi connectivity index (χ2n) is 4.56. The van der Waals surface area contributed by atoms with Crippen molar-refractivity contribution in [3.8, 4) is 0 Å². The highest BCUT2D eigenvalue weighted by atomic mass is 16.3. The van der Waals surface area contributed by atoms with Gasteiger partial charge in [-0.25, -0.2) is 0 Å². The van der Waals surface area contributed by atoms with E-state index in [0.717, 1.165) is 16.5 Å². The molecule has 1 amide bonds. The molecule has 1 atom stereocenters. The maximum atomic E-state index is 11.7. The number of furan rings is 1. The number of carbonyl (C=O) groups excluding carboxylic acids is 1. The number of amides is 1. The third-order valence-corrected chi connectivity index (χ3v) is 3.17. The first kappa shape index (κ1) is 13.6. The summed E-state index contributed by atoms with van der Waals surface area (Å²) in [6.07, 6.45) is 2.41. The predicted octanol–water partition coefficient (Wildman–Crippen LogP) is 0.753. The molecule has 0 aliphatic heterocycles. The zero-order chi connectivity index (χ0) is 13.8. The van der Waals surface area contributed by atoms with Crippen molar-refractivity contribution < 1.29 is 14.3 Å². The molecule has 0 spiro atoms. The molecule has 1 aromatic carbocycles. The number of nitrogens with zero attached hydrogens (tertiary/aromatic N) is 1. The number of carbonyl (C=O) groups is 1. The monoisotopic (exact) mass is 262 g/mol. The average molecular weight is 262 g/mol. The number of likely N-dealkylation sites (N-methyl/N-ethyl adjacent to an activating group) is 1. The van der Waals surface area contributed by atoms with Crippen LogP contribution in [-0.2, 0) is 11.2 Å². The minimum Gasteiger partial charge on any atom is -0.464 e. The molecule has 2 rings (SSSR count). The van der Waals surface area contributed by atoms with Gasteiger partial charge in [-0.1, -0.05) is 18.2 Å². The fourth-order valence-electron chi connectivity index (χ4n) is 1.99. The Morgan fingerprint density at radius 3 is 2.95 bits per heavy atom. The van der Waals surface area contributed by atoms with Crippen LogP contribution < -0.4 is 5.73 Å². The van der Waals surface area contributed by atoms with Crippen molar-refractivity contribution in [2.75, 3.05) is 20.2 Å². The number of benzene rings is 1. The molecule has 0 aliphatic carbocycles. The highest BCUT2D eigenvalue weighted by Gasteiger charge is 2.17. The summed E-state index contributed by atoms with van der Waals surface area (Å²) in [7, 11) is 1.68. The largest absolute Gasteiger partial charge is 0.464 e. The number of fused-ring (bicyclic) bond motifs is 1. The van der Waals surface area contributed by atoms with Crippen LogP contribution in [0.4, 0.5) is 0 Å². The van der Waals surface area contributed by atoms with Crippen LogP contribution in [0.5, 0.6) is 0 Å². The van der Waals surface area contributed by atoms with Crippen LogP contribution in [0.3, 0.4) is 0 Å². The van der Waals surface area contributed by atoms with Crippen LogP contribution in [0, 0.1) is 0 Å². The summed E-state index contributed by atoms with van der Waals surface area (Å²) in [5.74, 6) is -0.254. The predicted molar refractivity (Wildman–Crippen MR) is 72.6 cm³/mol. The molecule has 0 fully saturated rings. The highest BCUT2D eigenvalue weighted by molar-refractivity contribution is 5.82. The maximum Gasteiger partial charge on any atom is 0.241 e. The fourth-order valence-corrected chi connectivity index (χ4v) is 1.99. The van der Waals surface area contributed by atoms with E-state index in [1.165, 1.54) is 4.90 Å². The third kappa shape index (κ3) is 2.94. The van der Waals surface area contributed by atoms with Gasteiger partial charge in [0.25, 0.3) is 0 Å². The van der Waals surface area contributed by atoms with Crippen LogP contribution in [0.2, 0.25) is 0 Å². The van der Waals surface area contributed by atoms with Crippen LogP contribution in [-0.4, -0.2) is 42.2 Å². The van der Waals surface area contributed by atoms with Crippen molar-refractivity contribution >= 4 is 16.9 Å². The summed E-state index contributed by atoms with van der Waals surface area (Å²) in [4.78, 5) is 13.2. The van der Waals surface area contributed by atoms with Crippen molar-refractivity contribution in [1.82, 2.24) is 4.90 Å². The van der Waals surface area contributed by atoms with E-state index < -0.39 is 6.04 Å². The second-order valence-corrected chi connectivity index (χ2v) is 4.56. The molecular formula is C14H18N2O3. The van der Waals surface area contributed by atoms with Crippen LogP contribution in [0.1, 0.15) is 5.56 Å². The quantitative estimate of drug-likeness (QED) is 0.833. The van der Waals surface area contributed by atoms with Gasteiger partial charge in [-0.05, 0) is 18.1 Å². The van der Waals surface area contributed by atoms with Crippen molar-refractivity contribution in [3.05, 3.63) is 36.1 Å². The highest BCUT2D eigenvalue weighted by Crippen LogP contribution is 2.21. The van der Waals surface area contributed by atoms with Crippen molar-refractivity contribution in [2.45, 2.75) is 12.5 Å². The van der Waals surface area contributed by atoms with Crippen LogP contribution in [0.25, 0.3) is 11.0 Å². The lowest BCUT2D eigenvalue weighted by Gasteiger charge is -2.19. The Morgan fingerprint density at radius 1 is 1.47 bits per heavy atom. The van der Waals surface area contributed by atoms with Gasteiger partial charge < -0.3 is 20.2 Å². The summed E-state index contributed by atoms with van der Waals surface area (Å²) in [5.41, 5.74) is 7.41. The summed E-state index contributed by atoms with van der Waals surface area (Å²) >= 11 is 0. The molecule has 0 radical (unpaired) electrons.